The highest BCUT2D eigenvalue weighted by Gasteiger charge is 1.97. The number of halogens is 1. The summed E-state index contributed by atoms with van der Waals surface area (Å²) in [4.78, 5) is 4.09. The van der Waals surface area contributed by atoms with Crippen LogP contribution in [0, 0.1) is 0 Å². The number of hydrogen-bond donors (Lipinski definition) is 1. The fraction of sp³-hybridized carbons (Fsp3) is 0. The molecule has 0 aliphatic carbocycles. The van der Waals surface area contributed by atoms with Crippen LogP contribution in [0.3, 0.4) is 0 Å². The van der Waals surface area contributed by atoms with Crippen molar-refractivity contribution in [3.8, 4) is 0 Å². The van der Waals surface area contributed by atoms with Gasteiger partial charge in [-0.15, -0.1) is 0 Å². The molecule has 2 rings (SSSR count). The molecular weight excluding hydrogens is 200 g/mol. The van der Waals surface area contributed by atoms with Crippen molar-refractivity contribution in [2.45, 2.75) is 0 Å². The lowest BCUT2D eigenvalue weighted by atomic mass is 10.5. The lowest BCUT2D eigenvalue weighted by Gasteiger charge is -1.97. The molecule has 0 atom stereocenters. The van der Waals surface area contributed by atoms with Crippen molar-refractivity contribution < 1.29 is 0 Å². The normalized spacial score (nSPS) is 10.8. The van der Waals surface area contributed by atoms with Crippen molar-refractivity contribution in [1.29, 1.82) is 0 Å². The Morgan fingerprint density at radius 2 is 2.56 bits per heavy atom. The highest BCUT2D eigenvalue weighted by Crippen LogP contribution is 2.20. The van der Waals surface area contributed by atoms with Crippen molar-refractivity contribution in [3.05, 3.63) is 16.7 Å². The zero-order chi connectivity index (χ0) is 6.27. The SMILES string of the molecule is Brc1cnc2[nH]sc2c1. The number of aromatic nitrogens is 2. The summed E-state index contributed by atoms with van der Waals surface area (Å²) in [5, 5.41) is 0. The molecule has 0 amide bonds. The van der Waals surface area contributed by atoms with Crippen molar-refractivity contribution >= 4 is 37.8 Å². The molecular formula is C5H3BrN2S. The second-order valence-electron chi connectivity index (χ2n) is 1.70. The fourth-order valence-corrected chi connectivity index (χ4v) is 1.72. The van der Waals surface area contributed by atoms with Gasteiger partial charge in [-0.3, -0.25) is 4.37 Å². The van der Waals surface area contributed by atoms with Crippen molar-refractivity contribution in [1.82, 2.24) is 9.36 Å². The third kappa shape index (κ3) is 0.784. The first-order valence-electron chi connectivity index (χ1n) is 2.45. The van der Waals surface area contributed by atoms with Gasteiger partial charge in [-0.05, 0) is 22.0 Å². The Morgan fingerprint density at radius 3 is 3.00 bits per heavy atom. The van der Waals surface area contributed by atoms with Gasteiger partial charge >= 0.3 is 0 Å². The smallest absolute Gasteiger partial charge is 0.158 e. The Labute approximate surface area is 64.2 Å². The van der Waals surface area contributed by atoms with Crippen LogP contribution in [-0.2, 0) is 0 Å². The second kappa shape index (κ2) is 1.82. The zero-order valence-corrected chi connectivity index (χ0v) is 6.79. The van der Waals surface area contributed by atoms with E-state index in [0.717, 1.165) is 10.1 Å². The molecule has 9 heavy (non-hydrogen) atoms. The van der Waals surface area contributed by atoms with E-state index in [-0.39, 0.29) is 0 Å². The number of nitrogens with zero attached hydrogens (tertiary/aromatic N) is 1. The molecule has 0 unspecified atom stereocenters. The van der Waals surface area contributed by atoms with Crippen LogP contribution in [0.1, 0.15) is 0 Å². The second-order valence-corrected chi connectivity index (χ2v) is 3.47. The van der Waals surface area contributed by atoms with E-state index in [1.54, 1.807) is 17.7 Å². The molecule has 1 N–H and O–H groups in total. The molecule has 46 valence electrons. The quantitative estimate of drug-likeness (QED) is 0.699. The summed E-state index contributed by atoms with van der Waals surface area (Å²) in [5.74, 6) is 0. The molecule has 0 spiro atoms. The Bertz CT molecular complexity index is 324. The Kier molecular flexibility index (Phi) is 1.10. The van der Waals surface area contributed by atoms with Gasteiger partial charge in [0, 0.05) is 10.7 Å². The zero-order valence-electron chi connectivity index (χ0n) is 4.39. The molecule has 0 bridgehead atoms. The van der Waals surface area contributed by atoms with Crippen LogP contribution in [0.25, 0.3) is 10.3 Å². The number of H-pyrrole nitrogens is 1. The third-order valence-electron chi connectivity index (χ3n) is 1.08. The van der Waals surface area contributed by atoms with Crippen LogP contribution in [0.2, 0.25) is 0 Å². The highest BCUT2D eigenvalue weighted by molar-refractivity contribution is 9.10. The molecule has 0 aliphatic heterocycles. The van der Waals surface area contributed by atoms with Crippen LogP contribution in [0.15, 0.2) is 16.7 Å². The Morgan fingerprint density at radius 1 is 1.67 bits per heavy atom. The molecule has 0 saturated carbocycles. The van der Waals surface area contributed by atoms with E-state index in [4.69, 9.17) is 0 Å². The van der Waals surface area contributed by atoms with E-state index >= 15 is 0 Å². The maximum Gasteiger partial charge on any atom is 0.158 e. The van der Waals surface area contributed by atoms with E-state index in [2.05, 4.69) is 25.3 Å². The maximum atomic E-state index is 4.09. The lowest BCUT2D eigenvalue weighted by Crippen LogP contribution is -1.81. The summed E-state index contributed by atoms with van der Waals surface area (Å²) in [6.45, 7) is 0. The molecule has 2 aromatic rings. The number of aromatic amines is 1. The van der Waals surface area contributed by atoms with Crippen LogP contribution in [-0.4, -0.2) is 9.36 Å². The molecule has 0 saturated heterocycles. The summed E-state index contributed by atoms with van der Waals surface area (Å²) < 4.78 is 5.25. The summed E-state index contributed by atoms with van der Waals surface area (Å²) in [6, 6.07) is 2.05. The van der Waals surface area contributed by atoms with Crippen molar-refractivity contribution in [2.24, 2.45) is 0 Å². The standard InChI is InChI=1S/C5H3BrN2S/c6-3-1-4-5(7-2-3)8-9-4/h1-2H,(H,7,8). The lowest BCUT2D eigenvalue weighted by molar-refractivity contribution is 1.34. The molecule has 0 fully saturated rings. The van der Waals surface area contributed by atoms with Gasteiger partial charge in [-0.2, -0.15) is 0 Å². The topological polar surface area (TPSA) is 28.7 Å². The van der Waals surface area contributed by atoms with E-state index in [9.17, 15) is 0 Å². The van der Waals surface area contributed by atoms with Gasteiger partial charge in [0.1, 0.15) is 0 Å². The molecule has 2 aromatic heterocycles. The number of hydrogen-bond acceptors (Lipinski definition) is 2. The first-order valence-corrected chi connectivity index (χ1v) is 4.05. The third-order valence-corrected chi connectivity index (χ3v) is 2.34. The van der Waals surface area contributed by atoms with Crippen LogP contribution in [0.4, 0.5) is 0 Å². The molecule has 0 radical (unpaired) electrons. The predicted molar refractivity (Wildman–Crippen MR) is 41.7 cm³/mol. The number of nitrogens with one attached hydrogen (secondary N) is 1. The number of fused-ring (bicyclic) bond motifs is 1. The first kappa shape index (κ1) is 5.44. The first-order chi connectivity index (χ1) is 4.36. The maximum absolute atomic E-state index is 4.09. The Hall–Kier alpha value is -0.350. The number of pyridine rings is 1. The van der Waals surface area contributed by atoms with Gasteiger partial charge in [0.2, 0.25) is 0 Å². The predicted octanol–water partition coefficient (Wildman–Crippen LogP) is 2.39. The minimum atomic E-state index is 0.989. The van der Waals surface area contributed by atoms with Gasteiger partial charge in [-0.1, -0.05) is 11.5 Å². The largest absolute Gasteiger partial charge is 0.294 e. The van der Waals surface area contributed by atoms with E-state index < -0.39 is 0 Å². The monoisotopic (exact) mass is 202 g/mol. The van der Waals surface area contributed by atoms with E-state index in [0.29, 0.717) is 0 Å². The van der Waals surface area contributed by atoms with Crippen LogP contribution >= 0.6 is 27.5 Å². The Balaban J connectivity index is 2.78. The summed E-state index contributed by atoms with van der Waals surface area (Å²) in [6.07, 6.45) is 1.78. The van der Waals surface area contributed by atoms with Crippen LogP contribution < -0.4 is 0 Å². The minimum absolute atomic E-state index is 0.989. The van der Waals surface area contributed by atoms with Gasteiger partial charge in [-0.25, -0.2) is 4.98 Å². The highest BCUT2D eigenvalue weighted by atomic mass is 79.9. The van der Waals surface area contributed by atoms with Gasteiger partial charge in [0.25, 0.3) is 0 Å². The van der Waals surface area contributed by atoms with Gasteiger partial charge < -0.3 is 0 Å². The summed E-state index contributed by atoms with van der Waals surface area (Å²) in [7, 11) is 0. The molecule has 2 heterocycles. The molecule has 2 nitrogen and oxygen atoms in total. The van der Waals surface area contributed by atoms with E-state index in [1.807, 2.05) is 6.07 Å². The van der Waals surface area contributed by atoms with Crippen molar-refractivity contribution in [2.75, 3.05) is 0 Å². The molecule has 0 aromatic carbocycles. The number of rotatable bonds is 0. The van der Waals surface area contributed by atoms with Gasteiger partial charge in [0.15, 0.2) is 5.65 Å². The van der Waals surface area contributed by atoms with E-state index in [1.165, 1.54) is 4.70 Å². The minimum Gasteiger partial charge on any atom is -0.294 e. The average Bonchev–Trinajstić information content (AvgIpc) is 1.78. The van der Waals surface area contributed by atoms with Gasteiger partial charge in [0.05, 0.1) is 4.70 Å². The molecule has 4 heteroatoms. The van der Waals surface area contributed by atoms with Crippen LogP contribution in [0.5, 0.6) is 0 Å². The summed E-state index contributed by atoms with van der Waals surface area (Å²) in [5.41, 5.74) is 0.989. The molecule has 0 aliphatic rings. The fourth-order valence-electron chi connectivity index (χ4n) is 0.632. The van der Waals surface area contributed by atoms with Crippen molar-refractivity contribution in [3.63, 3.8) is 0 Å². The summed E-state index contributed by atoms with van der Waals surface area (Å²) >= 11 is 4.93. The average molecular weight is 203 g/mol.